The quantitative estimate of drug-likeness (QED) is 0.941. The van der Waals surface area contributed by atoms with Gasteiger partial charge in [0.25, 0.3) is 0 Å². The molecule has 2 aromatic rings. The Morgan fingerprint density at radius 3 is 2.57 bits per heavy atom. The highest BCUT2D eigenvalue weighted by Gasteiger charge is 2.35. The molecule has 0 spiro atoms. The highest BCUT2D eigenvalue weighted by Crippen LogP contribution is 2.29. The van der Waals surface area contributed by atoms with E-state index in [9.17, 15) is 9.59 Å². The third-order valence-corrected chi connectivity index (χ3v) is 4.27. The molecule has 1 saturated heterocycles. The molecule has 3 rings (SSSR count). The maximum atomic E-state index is 12.7. The van der Waals surface area contributed by atoms with Gasteiger partial charge in [0.2, 0.25) is 11.8 Å². The number of hydrogen-bond acceptors (Lipinski definition) is 2. The Morgan fingerprint density at radius 2 is 1.83 bits per heavy atom. The Hall–Kier alpha value is -2.33. The lowest BCUT2D eigenvalue weighted by Gasteiger charge is -2.35. The first-order valence-electron chi connectivity index (χ1n) is 7.52. The Labute approximate surface area is 140 Å². The van der Waals surface area contributed by atoms with E-state index in [0.29, 0.717) is 23.7 Å². The third kappa shape index (κ3) is 3.37. The van der Waals surface area contributed by atoms with Crippen molar-refractivity contribution in [3.63, 3.8) is 0 Å². The molecular formula is C18H17ClN2O2. The minimum absolute atomic E-state index is 0.0732. The van der Waals surface area contributed by atoms with Gasteiger partial charge in [0, 0.05) is 23.7 Å². The Balaban J connectivity index is 1.88. The standard InChI is InChI=1S/C18H17ClN2O2/c19-15-9-5-4-8-14(15)17-18(23)20-10-11-21(17)16(22)12-13-6-2-1-3-7-13/h1-9,17H,10-12H2,(H,20,23). The molecule has 1 unspecified atom stereocenters. The molecule has 1 heterocycles. The number of nitrogens with zero attached hydrogens (tertiary/aromatic N) is 1. The number of carbonyl (C=O) groups is 2. The molecular weight excluding hydrogens is 312 g/mol. The molecule has 1 N–H and O–H groups in total. The fourth-order valence-electron chi connectivity index (χ4n) is 2.81. The van der Waals surface area contributed by atoms with Crippen molar-refractivity contribution in [1.82, 2.24) is 10.2 Å². The highest BCUT2D eigenvalue weighted by molar-refractivity contribution is 6.31. The summed E-state index contributed by atoms with van der Waals surface area (Å²) in [5.41, 5.74) is 1.59. The first-order valence-corrected chi connectivity index (χ1v) is 7.90. The normalized spacial score (nSPS) is 17.7. The molecule has 2 amide bonds. The lowest BCUT2D eigenvalue weighted by molar-refractivity contribution is -0.143. The number of piperazine rings is 1. The molecule has 0 aliphatic carbocycles. The Kier molecular flexibility index (Phi) is 4.63. The van der Waals surface area contributed by atoms with Crippen molar-refractivity contribution in [3.8, 4) is 0 Å². The molecule has 1 aliphatic rings. The van der Waals surface area contributed by atoms with Crippen LogP contribution < -0.4 is 5.32 Å². The van der Waals surface area contributed by atoms with Crippen LogP contribution in [0.2, 0.25) is 5.02 Å². The van der Waals surface area contributed by atoms with Crippen molar-refractivity contribution < 1.29 is 9.59 Å². The second-order valence-electron chi connectivity index (χ2n) is 5.46. The van der Waals surface area contributed by atoms with Gasteiger partial charge in [0.1, 0.15) is 6.04 Å². The maximum absolute atomic E-state index is 12.7. The molecule has 4 nitrogen and oxygen atoms in total. The molecule has 0 saturated carbocycles. The smallest absolute Gasteiger partial charge is 0.247 e. The molecule has 1 atom stereocenters. The predicted molar refractivity (Wildman–Crippen MR) is 89.1 cm³/mol. The van der Waals surface area contributed by atoms with Gasteiger partial charge in [-0.3, -0.25) is 9.59 Å². The number of halogens is 1. The summed E-state index contributed by atoms with van der Waals surface area (Å²) in [6.07, 6.45) is 0.273. The van der Waals surface area contributed by atoms with Gasteiger partial charge in [-0.15, -0.1) is 0 Å². The number of carbonyl (C=O) groups excluding carboxylic acids is 2. The van der Waals surface area contributed by atoms with Gasteiger partial charge in [-0.25, -0.2) is 0 Å². The zero-order valence-electron chi connectivity index (χ0n) is 12.5. The molecule has 0 aromatic heterocycles. The number of hydrogen-bond donors (Lipinski definition) is 1. The Morgan fingerprint density at radius 1 is 1.13 bits per heavy atom. The molecule has 5 heteroatoms. The number of amides is 2. The van der Waals surface area contributed by atoms with Crippen LogP contribution in [0, 0.1) is 0 Å². The molecule has 1 aliphatic heterocycles. The van der Waals surface area contributed by atoms with E-state index in [1.165, 1.54) is 0 Å². The van der Waals surface area contributed by atoms with Gasteiger partial charge < -0.3 is 10.2 Å². The summed E-state index contributed by atoms with van der Waals surface area (Å²) in [6, 6.07) is 16.0. The van der Waals surface area contributed by atoms with Gasteiger partial charge >= 0.3 is 0 Å². The SMILES string of the molecule is O=C1NCCN(C(=O)Cc2ccccc2)C1c1ccccc1Cl. The van der Waals surface area contributed by atoms with Crippen LogP contribution in [0.15, 0.2) is 54.6 Å². The average molecular weight is 329 g/mol. The van der Waals surface area contributed by atoms with Crippen LogP contribution in [0.3, 0.4) is 0 Å². The van der Waals surface area contributed by atoms with Gasteiger partial charge in [0.05, 0.1) is 6.42 Å². The van der Waals surface area contributed by atoms with Crippen molar-refractivity contribution in [3.05, 3.63) is 70.7 Å². The van der Waals surface area contributed by atoms with E-state index in [0.717, 1.165) is 5.56 Å². The molecule has 1 fully saturated rings. The fraction of sp³-hybridized carbons (Fsp3) is 0.222. The van der Waals surface area contributed by atoms with E-state index in [2.05, 4.69) is 5.32 Å². The van der Waals surface area contributed by atoms with E-state index in [1.54, 1.807) is 17.0 Å². The van der Waals surface area contributed by atoms with E-state index in [1.807, 2.05) is 42.5 Å². The summed E-state index contributed by atoms with van der Waals surface area (Å²) in [6.45, 7) is 0.938. The van der Waals surface area contributed by atoms with E-state index in [4.69, 9.17) is 11.6 Å². The second kappa shape index (κ2) is 6.84. The van der Waals surface area contributed by atoms with Crippen LogP contribution in [-0.4, -0.2) is 29.8 Å². The van der Waals surface area contributed by atoms with Gasteiger partial charge in [-0.05, 0) is 11.6 Å². The number of rotatable bonds is 3. The van der Waals surface area contributed by atoms with Crippen molar-refractivity contribution >= 4 is 23.4 Å². The van der Waals surface area contributed by atoms with Crippen molar-refractivity contribution in [2.24, 2.45) is 0 Å². The minimum atomic E-state index is -0.673. The first-order chi connectivity index (χ1) is 11.2. The van der Waals surface area contributed by atoms with Crippen LogP contribution in [0.25, 0.3) is 0 Å². The van der Waals surface area contributed by atoms with Crippen LogP contribution in [0.1, 0.15) is 17.2 Å². The van der Waals surface area contributed by atoms with Gasteiger partial charge in [0.15, 0.2) is 0 Å². The average Bonchev–Trinajstić information content (AvgIpc) is 2.56. The second-order valence-corrected chi connectivity index (χ2v) is 5.87. The van der Waals surface area contributed by atoms with E-state index < -0.39 is 6.04 Å². The Bertz CT molecular complexity index is 718. The summed E-state index contributed by atoms with van der Waals surface area (Å²) in [5, 5.41) is 3.31. The van der Waals surface area contributed by atoms with Crippen LogP contribution in [0.5, 0.6) is 0 Å². The minimum Gasteiger partial charge on any atom is -0.352 e. The largest absolute Gasteiger partial charge is 0.352 e. The van der Waals surface area contributed by atoms with Gasteiger partial charge in [-0.2, -0.15) is 0 Å². The van der Waals surface area contributed by atoms with E-state index >= 15 is 0 Å². The number of nitrogens with one attached hydrogen (secondary N) is 1. The van der Waals surface area contributed by atoms with Crippen molar-refractivity contribution in [2.75, 3.05) is 13.1 Å². The zero-order chi connectivity index (χ0) is 16.2. The molecule has 0 bridgehead atoms. The van der Waals surface area contributed by atoms with Crippen molar-refractivity contribution in [1.29, 1.82) is 0 Å². The third-order valence-electron chi connectivity index (χ3n) is 3.93. The summed E-state index contributed by atoms with van der Waals surface area (Å²) in [5.74, 6) is -0.262. The molecule has 2 aromatic carbocycles. The molecule has 118 valence electrons. The summed E-state index contributed by atoms with van der Waals surface area (Å²) in [7, 11) is 0. The first kappa shape index (κ1) is 15.6. The lowest BCUT2D eigenvalue weighted by atomic mass is 10.0. The van der Waals surface area contributed by atoms with Gasteiger partial charge in [-0.1, -0.05) is 60.1 Å². The highest BCUT2D eigenvalue weighted by atomic mass is 35.5. The summed E-state index contributed by atoms with van der Waals surface area (Å²) < 4.78 is 0. The molecule has 0 radical (unpaired) electrons. The lowest BCUT2D eigenvalue weighted by Crippen LogP contribution is -2.52. The van der Waals surface area contributed by atoms with Crippen LogP contribution >= 0.6 is 11.6 Å². The fourth-order valence-corrected chi connectivity index (χ4v) is 3.05. The predicted octanol–water partition coefficient (Wildman–Crippen LogP) is 2.58. The summed E-state index contributed by atoms with van der Waals surface area (Å²) in [4.78, 5) is 26.7. The van der Waals surface area contributed by atoms with Crippen molar-refractivity contribution in [2.45, 2.75) is 12.5 Å². The number of benzene rings is 2. The maximum Gasteiger partial charge on any atom is 0.247 e. The monoisotopic (exact) mass is 328 g/mol. The topological polar surface area (TPSA) is 49.4 Å². The zero-order valence-corrected chi connectivity index (χ0v) is 13.3. The summed E-state index contributed by atoms with van der Waals surface area (Å²) >= 11 is 6.24. The van der Waals surface area contributed by atoms with Crippen LogP contribution in [0.4, 0.5) is 0 Å². The van der Waals surface area contributed by atoms with Crippen LogP contribution in [-0.2, 0) is 16.0 Å². The molecule has 23 heavy (non-hydrogen) atoms. The van der Waals surface area contributed by atoms with E-state index in [-0.39, 0.29) is 18.2 Å².